The molecule has 0 aliphatic rings. The Balaban J connectivity index is 2.56. The van der Waals surface area contributed by atoms with Gasteiger partial charge < -0.3 is 14.6 Å². The number of ether oxygens (including phenoxy) is 2. The Kier molecular flexibility index (Phi) is 4.93. The van der Waals surface area contributed by atoms with Crippen LogP contribution >= 0.6 is 23.2 Å². The standard InChI is InChI=1S/C15H13Cl2FO3/c1-20-11-7-6-9(15(21-2)13(11)17)14(19)8-4-3-5-10(18)12(8)16/h3-7,14,19H,1-2H3. The van der Waals surface area contributed by atoms with Gasteiger partial charge in [-0.2, -0.15) is 0 Å². The van der Waals surface area contributed by atoms with Crippen molar-refractivity contribution in [2.75, 3.05) is 14.2 Å². The van der Waals surface area contributed by atoms with Gasteiger partial charge in [-0.05, 0) is 18.2 Å². The fraction of sp³-hybridized carbons (Fsp3) is 0.200. The van der Waals surface area contributed by atoms with Crippen molar-refractivity contribution in [3.8, 4) is 11.5 Å². The molecular formula is C15H13Cl2FO3. The molecule has 6 heteroatoms. The second-order valence-electron chi connectivity index (χ2n) is 4.25. The monoisotopic (exact) mass is 330 g/mol. The molecule has 0 fully saturated rings. The van der Waals surface area contributed by atoms with Crippen molar-refractivity contribution in [1.29, 1.82) is 0 Å². The minimum Gasteiger partial charge on any atom is -0.495 e. The van der Waals surface area contributed by atoms with Crippen LogP contribution in [0.2, 0.25) is 10.0 Å². The normalized spacial score (nSPS) is 12.1. The lowest BCUT2D eigenvalue weighted by atomic mass is 10.00. The summed E-state index contributed by atoms with van der Waals surface area (Å²) in [5, 5.41) is 10.6. The zero-order valence-electron chi connectivity index (χ0n) is 11.4. The molecule has 2 aromatic rings. The zero-order chi connectivity index (χ0) is 15.6. The summed E-state index contributed by atoms with van der Waals surface area (Å²) in [4.78, 5) is 0. The molecule has 0 saturated heterocycles. The lowest BCUT2D eigenvalue weighted by Crippen LogP contribution is -2.05. The molecule has 3 nitrogen and oxygen atoms in total. The van der Waals surface area contributed by atoms with Crippen molar-refractivity contribution in [2.24, 2.45) is 0 Å². The summed E-state index contributed by atoms with van der Waals surface area (Å²) in [5.41, 5.74) is 0.604. The average Bonchev–Trinajstić information content (AvgIpc) is 2.49. The molecule has 0 saturated carbocycles. The van der Waals surface area contributed by atoms with Crippen LogP contribution in [0.4, 0.5) is 4.39 Å². The first-order chi connectivity index (χ1) is 10.0. The topological polar surface area (TPSA) is 38.7 Å². The molecule has 0 aliphatic carbocycles. The summed E-state index contributed by atoms with van der Waals surface area (Å²) >= 11 is 12.0. The molecule has 0 heterocycles. The summed E-state index contributed by atoms with van der Waals surface area (Å²) in [6.07, 6.45) is -1.17. The number of hydrogen-bond donors (Lipinski definition) is 1. The number of aliphatic hydroxyl groups excluding tert-OH is 1. The zero-order valence-corrected chi connectivity index (χ0v) is 12.9. The fourth-order valence-corrected chi connectivity index (χ4v) is 2.59. The van der Waals surface area contributed by atoms with Crippen LogP contribution in [0.25, 0.3) is 0 Å². The maximum absolute atomic E-state index is 13.5. The highest BCUT2D eigenvalue weighted by Crippen LogP contribution is 2.42. The first-order valence-corrected chi connectivity index (χ1v) is 6.79. The van der Waals surface area contributed by atoms with Crippen molar-refractivity contribution in [2.45, 2.75) is 6.10 Å². The molecule has 1 atom stereocenters. The minimum atomic E-state index is -1.17. The number of methoxy groups -OCH3 is 2. The van der Waals surface area contributed by atoms with Crippen molar-refractivity contribution in [3.05, 3.63) is 57.3 Å². The lowest BCUT2D eigenvalue weighted by Gasteiger charge is -2.18. The number of benzene rings is 2. The number of hydrogen-bond acceptors (Lipinski definition) is 3. The predicted octanol–water partition coefficient (Wildman–Crippen LogP) is 4.23. The van der Waals surface area contributed by atoms with E-state index in [-0.39, 0.29) is 21.4 Å². The van der Waals surface area contributed by atoms with Gasteiger partial charge in [-0.15, -0.1) is 0 Å². The third kappa shape index (κ3) is 2.93. The summed E-state index contributed by atoms with van der Waals surface area (Å²) in [7, 11) is 2.89. The summed E-state index contributed by atoms with van der Waals surface area (Å²) in [6, 6.07) is 7.41. The van der Waals surface area contributed by atoms with Gasteiger partial charge in [-0.25, -0.2) is 4.39 Å². The fourth-order valence-electron chi connectivity index (χ4n) is 2.03. The molecule has 21 heavy (non-hydrogen) atoms. The summed E-state index contributed by atoms with van der Waals surface area (Å²) < 4.78 is 23.8. The van der Waals surface area contributed by atoms with Crippen LogP contribution in [-0.2, 0) is 0 Å². The van der Waals surface area contributed by atoms with Crippen molar-refractivity contribution >= 4 is 23.2 Å². The predicted molar refractivity (Wildman–Crippen MR) is 80.0 cm³/mol. The Morgan fingerprint density at radius 1 is 1.00 bits per heavy atom. The largest absolute Gasteiger partial charge is 0.495 e. The van der Waals surface area contributed by atoms with E-state index in [4.69, 9.17) is 32.7 Å². The number of halogens is 3. The molecule has 1 N–H and O–H groups in total. The van der Waals surface area contributed by atoms with E-state index in [2.05, 4.69) is 0 Å². The Labute approximate surface area is 131 Å². The van der Waals surface area contributed by atoms with Gasteiger partial charge in [0.05, 0.1) is 19.2 Å². The van der Waals surface area contributed by atoms with E-state index in [9.17, 15) is 9.50 Å². The van der Waals surface area contributed by atoms with Gasteiger partial charge in [0.25, 0.3) is 0 Å². The van der Waals surface area contributed by atoms with Crippen LogP contribution in [0.5, 0.6) is 11.5 Å². The van der Waals surface area contributed by atoms with Gasteiger partial charge >= 0.3 is 0 Å². The van der Waals surface area contributed by atoms with E-state index in [0.717, 1.165) is 0 Å². The SMILES string of the molecule is COc1ccc(C(O)c2cccc(F)c2Cl)c(OC)c1Cl. The summed E-state index contributed by atoms with van der Waals surface area (Å²) in [5.74, 6) is 0.0606. The van der Waals surface area contributed by atoms with Gasteiger partial charge in [0, 0.05) is 11.1 Å². The molecule has 2 aromatic carbocycles. The second kappa shape index (κ2) is 6.52. The Bertz CT molecular complexity index is 662. The van der Waals surface area contributed by atoms with Gasteiger partial charge in [0.15, 0.2) is 0 Å². The lowest BCUT2D eigenvalue weighted by molar-refractivity contribution is 0.214. The van der Waals surface area contributed by atoms with Gasteiger partial charge in [0.2, 0.25) is 0 Å². The van der Waals surface area contributed by atoms with Crippen LogP contribution in [0.15, 0.2) is 30.3 Å². The molecule has 0 amide bonds. The average molecular weight is 331 g/mol. The van der Waals surface area contributed by atoms with Crippen LogP contribution in [0.3, 0.4) is 0 Å². The Morgan fingerprint density at radius 2 is 1.71 bits per heavy atom. The maximum Gasteiger partial charge on any atom is 0.147 e. The number of aliphatic hydroxyl groups is 1. The van der Waals surface area contributed by atoms with Crippen molar-refractivity contribution in [1.82, 2.24) is 0 Å². The third-order valence-electron chi connectivity index (χ3n) is 3.09. The van der Waals surface area contributed by atoms with Gasteiger partial charge in [0.1, 0.15) is 28.4 Å². The van der Waals surface area contributed by atoms with E-state index >= 15 is 0 Å². The first-order valence-electron chi connectivity index (χ1n) is 6.03. The molecule has 0 aromatic heterocycles. The van der Waals surface area contributed by atoms with E-state index in [1.54, 1.807) is 12.1 Å². The Hall–Kier alpha value is -1.49. The van der Waals surface area contributed by atoms with Crippen molar-refractivity contribution in [3.63, 3.8) is 0 Å². The highest BCUT2D eigenvalue weighted by atomic mass is 35.5. The molecule has 112 valence electrons. The minimum absolute atomic E-state index is 0.140. The smallest absolute Gasteiger partial charge is 0.147 e. The molecule has 2 rings (SSSR count). The van der Waals surface area contributed by atoms with Gasteiger partial charge in [-0.1, -0.05) is 35.3 Å². The first kappa shape index (κ1) is 15.9. The quantitative estimate of drug-likeness (QED) is 0.911. The summed E-state index contributed by atoms with van der Waals surface area (Å²) in [6.45, 7) is 0. The van der Waals surface area contributed by atoms with Crippen LogP contribution < -0.4 is 9.47 Å². The maximum atomic E-state index is 13.5. The Morgan fingerprint density at radius 3 is 2.33 bits per heavy atom. The molecular weight excluding hydrogens is 318 g/mol. The molecule has 0 aliphatic heterocycles. The van der Waals surface area contributed by atoms with E-state index in [1.807, 2.05) is 0 Å². The highest BCUT2D eigenvalue weighted by molar-refractivity contribution is 6.33. The second-order valence-corrected chi connectivity index (χ2v) is 5.01. The molecule has 0 bridgehead atoms. The van der Waals surface area contributed by atoms with E-state index in [1.165, 1.54) is 32.4 Å². The third-order valence-corrected chi connectivity index (χ3v) is 3.84. The molecule has 0 radical (unpaired) electrons. The van der Waals surface area contributed by atoms with Crippen LogP contribution in [0, 0.1) is 5.82 Å². The van der Waals surface area contributed by atoms with Crippen molar-refractivity contribution < 1.29 is 19.0 Å². The van der Waals surface area contributed by atoms with E-state index < -0.39 is 11.9 Å². The van der Waals surface area contributed by atoms with Crippen LogP contribution in [0.1, 0.15) is 17.2 Å². The van der Waals surface area contributed by atoms with Gasteiger partial charge in [-0.3, -0.25) is 0 Å². The number of rotatable bonds is 4. The molecule has 1 unspecified atom stereocenters. The van der Waals surface area contributed by atoms with E-state index in [0.29, 0.717) is 11.3 Å². The van der Waals surface area contributed by atoms with Crippen LogP contribution in [-0.4, -0.2) is 19.3 Å². The molecule has 0 spiro atoms. The highest BCUT2D eigenvalue weighted by Gasteiger charge is 2.23.